The highest BCUT2D eigenvalue weighted by molar-refractivity contribution is 6.28. The maximum Gasteiger partial charge on any atom is 0.149 e. The van der Waals surface area contributed by atoms with E-state index in [1.807, 2.05) is 0 Å². The molecule has 0 spiro atoms. The van der Waals surface area contributed by atoms with Crippen LogP contribution in [0.4, 0.5) is 10.1 Å². The van der Waals surface area contributed by atoms with Gasteiger partial charge in [-0.1, -0.05) is 0 Å². The lowest BCUT2D eigenvalue weighted by molar-refractivity contribution is 0.473. The second-order valence-corrected chi connectivity index (χ2v) is 2.64. The lowest BCUT2D eigenvalue weighted by atomic mass is 10.3. The zero-order chi connectivity index (χ0) is 9.84. The van der Waals surface area contributed by atoms with E-state index in [1.165, 1.54) is 12.1 Å². The number of hydrogen-bond acceptors (Lipinski definition) is 2. The first-order valence-corrected chi connectivity index (χ1v) is 4.04. The highest BCUT2D eigenvalue weighted by Gasteiger charge is 2.01. The van der Waals surface area contributed by atoms with Crippen LogP contribution in [-0.4, -0.2) is 16.8 Å². The molecule has 0 aliphatic rings. The molecule has 0 heterocycles. The predicted octanol–water partition coefficient (Wildman–Crippen LogP) is 1.76. The SMILES string of the molecule is NC(CCl)=Nc1cc(O)ccc1F. The summed E-state index contributed by atoms with van der Waals surface area (Å²) in [6.45, 7) is 0. The molecule has 1 aromatic rings. The minimum Gasteiger partial charge on any atom is -0.508 e. The van der Waals surface area contributed by atoms with E-state index < -0.39 is 5.82 Å². The second kappa shape index (κ2) is 4.09. The van der Waals surface area contributed by atoms with Crippen molar-refractivity contribution in [2.24, 2.45) is 10.7 Å². The van der Waals surface area contributed by atoms with Gasteiger partial charge < -0.3 is 10.8 Å². The number of nitrogens with two attached hydrogens (primary N) is 1. The van der Waals surface area contributed by atoms with Crippen molar-refractivity contribution < 1.29 is 9.50 Å². The smallest absolute Gasteiger partial charge is 0.149 e. The average molecular weight is 203 g/mol. The maximum atomic E-state index is 12.9. The summed E-state index contributed by atoms with van der Waals surface area (Å²) in [6, 6.07) is 3.51. The summed E-state index contributed by atoms with van der Waals surface area (Å²) in [5.74, 6) is -0.491. The van der Waals surface area contributed by atoms with Crippen molar-refractivity contribution in [2.75, 3.05) is 5.88 Å². The first-order chi connectivity index (χ1) is 6.13. The molecule has 1 rings (SSSR count). The third-order valence-electron chi connectivity index (χ3n) is 1.33. The van der Waals surface area contributed by atoms with Crippen molar-refractivity contribution in [1.29, 1.82) is 0 Å². The molecular weight excluding hydrogens is 195 g/mol. The Kier molecular flexibility index (Phi) is 3.08. The van der Waals surface area contributed by atoms with Gasteiger partial charge in [-0.15, -0.1) is 11.6 Å². The molecule has 1 aromatic carbocycles. The molecule has 0 aliphatic heterocycles. The number of phenols is 1. The highest BCUT2D eigenvalue weighted by atomic mass is 35.5. The molecule has 0 aliphatic carbocycles. The van der Waals surface area contributed by atoms with E-state index in [-0.39, 0.29) is 23.2 Å². The van der Waals surface area contributed by atoms with Crippen molar-refractivity contribution in [3.05, 3.63) is 24.0 Å². The zero-order valence-corrected chi connectivity index (χ0v) is 7.42. The summed E-state index contributed by atoms with van der Waals surface area (Å²) in [5.41, 5.74) is 5.28. The molecule has 0 fully saturated rings. The Morgan fingerprint density at radius 3 is 2.92 bits per heavy atom. The monoisotopic (exact) mass is 202 g/mol. The average Bonchev–Trinajstić information content (AvgIpc) is 2.11. The van der Waals surface area contributed by atoms with E-state index in [9.17, 15) is 4.39 Å². The third kappa shape index (κ3) is 2.59. The van der Waals surface area contributed by atoms with Gasteiger partial charge in [0.25, 0.3) is 0 Å². The van der Waals surface area contributed by atoms with Crippen molar-refractivity contribution in [1.82, 2.24) is 0 Å². The molecule has 0 bridgehead atoms. The lowest BCUT2D eigenvalue weighted by Crippen LogP contribution is -2.12. The van der Waals surface area contributed by atoms with Crippen LogP contribution >= 0.6 is 11.6 Å². The van der Waals surface area contributed by atoms with Gasteiger partial charge in [0, 0.05) is 6.07 Å². The number of aliphatic imine (C=N–C) groups is 1. The van der Waals surface area contributed by atoms with E-state index in [4.69, 9.17) is 22.4 Å². The van der Waals surface area contributed by atoms with E-state index >= 15 is 0 Å². The van der Waals surface area contributed by atoms with Gasteiger partial charge in [-0.2, -0.15) is 0 Å². The number of hydrogen-bond donors (Lipinski definition) is 2. The van der Waals surface area contributed by atoms with E-state index in [1.54, 1.807) is 0 Å². The standard InChI is InChI=1S/C8H8ClFN2O/c9-4-8(11)12-7-3-5(13)1-2-6(7)10/h1-3,13H,4H2,(H2,11,12). The minimum atomic E-state index is -0.550. The van der Waals surface area contributed by atoms with Crippen LogP contribution in [0.25, 0.3) is 0 Å². The lowest BCUT2D eigenvalue weighted by Gasteiger charge is -1.98. The molecule has 0 radical (unpaired) electrons. The molecule has 3 nitrogen and oxygen atoms in total. The van der Waals surface area contributed by atoms with Gasteiger partial charge in [-0.25, -0.2) is 9.38 Å². The summed E-state index contributed by atoms with van der Waals surface area (Å²) in [7, 11) is 0. The van der Waals surface area contributed by atoms with Gasteiger partial charge in [0.15, 0.2) is 0 Å². The number of amidine groups is 1. The second-order valence-electron chi connectivity index (χ2n) is 2.37. The minimum absolute atomic E-state index is 0.0156. The van der Waals surface area contributed by atoms with Gasteiger partial charge in [0.1, 0.15) is 23.1 Å². The summed E-state index contributed by atoms with van der Waals surface area (Å²) < 4.78 is 12.9. The molecular formula is C8H8ClFN2O. The largest absolute Gasteiger partial charge is 0.508 e. The van der Waals surface area contributed by atoms with Crippen LogP contribution < -0.4 is 5.73 Å². The molecule has 0 unspecified atom stereocenters. The quantitative estimate of drug-likeness (QED) is 0.436. The molecule has 3 N–H and O–H groups in total. The van der Waals surface area contributed by atoms with Crippen molar-refractivity contribution in [2.45, 2.75) is 0 Å². The predicted molar refractivity (Wildman–Crippen MR) is 50.1 cm³/mol. The van der Waals surface area contributed by atoms with Gasteiger partial charge in [0.2, 0.25) is 0 Å². The Labute approximate surface area is 79.7 Å². The van der Waals surface area contributed by atoms with E-state index in [0.717, 1.165) is 6.07 Å². The van der Waals surface area contributed by atoms with Crippen molar-refractivity contribution in [3.8, 4) is 5.75 Å². The fourth-order valence-electron chi connectivity index (χ4n) is 0.771. The summed E-state index contributed by atoms with van der Waals surface area (Å²) >= 11 is 5.35. The number of phenolic OH excluding ortho intramolecular Hbond substituents is 1. The van der Waals surface area contributed by atoms with Crippen LogP contribution in [0, 0.1) is 5.82 Å². The highest BCUT2D eigenvalue weighted by Crippen LogP contribution is 2.22. The van der Waals surface area contributed by atoms with Gasteiger partial charge in [-0.3, -0.25) is 0 Å². The van der Waals surface area contributed by atoms with Gasteiger partial charge in [0.05, 0.1) is 5.88 Å². The number of rotatable bonds is 2. The van der Waals surface area contributed by atoms with E-state index in [2.05, 4.69) is 4.99 Å². The Hall–Kier alpha value is -1.29. The number of nitrogens with zero attached hydrogens (tertiary/aromatic N) is 1. The number of aromatic hydroxyl groups is 1. The molecule has 13 heavy (non-hydrogen) atoms. The molecule has 0 saturated heterocycles. The number of benzene rings is 1. The normalized spacial score (nSPS) is 11.7. The van der Waals surface area contributed by atoms with Gasteiger partial charge in [-0.05, 0) is 12.1 Å². The Balaban J connectivity index is 3.07. The molecule has 5 heteroatoms. The summed E-state index contributed by atoms with van der Waals surface area (Å²) in [4.78, 5) is 3.67. The Morgan fingerprint density at radius 1 is 1.62 bits per heavy atom. The number of alkyl halides is 1. The third-order valence-corrected chi connectivity index (χ3v) is 1.60. The van der Waals surface area contributed by atoms with Crippen molar-refractivity contribution in [3.63, 3.8) is 0 Å². The van der Waals surface area contributed by atoms with Crippen molar-refractivity contribution >= 4 is 23.1 Å². The molecule has 0 aromatic heterocycles. The summed E-state index contributed by atoms with van der Waals surface area (Å²) in [6.07, 6.45) is 0. The first-order valence-electron chi connectivity index (χ1n) is 3.51. The molecule has 70 valence electrons. The Bertz CT molecular complexity index is 341. The van der Waals surface area contributed by atoms with Crippen LogP contribution in [0.1, 0.15) is 0 Å². The van der Waals surface area contributed by atoms with E-state index in [0.29, 0.717) is 0 Å². The molecule has 0 amide bonds. The fourth-order valence-corrected chi connectivity index (χ4v) is 0.831. The fraction of sp³-hybridized carbons (Fsp3) is 0.125. The first kappa shape index (κ1) is 9.80. The summed E-state index contributed by atoms with van der Waals surface area (Å²) in [5, 5.41) is 9.01. The van der Waals surface area contributed by atoms with Gasteiger partial charge >= 0.3 is 0 Å². The number of halogens is 2. The van der Waals surface area contributed by atoms with Crippen LogP contribution in [0.3, 0.4) is 0 Å². The van der Waals surface area contributed by atoms with Crippen LogP contribution in [0.2, 0.25) is 0 Å². The molecule has 0 atom stereocenters. The van der Waals surface area contributed by atoms with Crippen LogP contribution in [-0.2, 0) is 0 Å². The van der Waals surface area contributed by atoms with Crippen LogP contribution in [0.15, 0.2) is 23.2 Å². The maximum absolute atomic E-state index is 12.9. The zero-order valence-electron chi connectivity index (χ0n) is 6.67. The Morgan fingerprint density at radius 2 is 2.31 bits per heavy atom. The molecule has 0 saturated carbocycles. The topological polar surface area (TPSA) is 58.6 Å². The van der Waals surface area contributed by atoms with Crippen LogP contribution in [0.5, 0.6) is 5.75 Å².